The van der Waals surface area contributed by atoms with Crippen molar-refractivity contribution < 1.29 is 9.53 Å². The molecule has 0 unspecified atom stereocenters. The Hall–Kier alpha value is -2.49. The van der Waals surface area contributed by atoms with Gasteiger partial charge in [0.1, 0.15) is 5.60 Å². The third kappa shape index (κ3) is 2.13. The second-order valence-electron chi connectivity index (χ2n) is 9.18. The molecule has 5 rings (SSSR count). The second-order valence-corrected chi connectivity index (χ2v) is 9.18. The highest BCUT2D eigenvalue weighted by Crippen LogP contribution is 2.70. The summed E-state index contributed by atoms with van der Waals surface area (Å²) < 4.78 is 5.68. The monoisotopic (exact) mass is 362 g/mol. The highest BCUT2D eigenvalue weighted by Gasteiger charge is 2.74. The van der Waals surface area contributed by atoms with Crippen molar-refractivity contribution in [1.82, 2.24) is 4.90 Å². The van der Waals surface area contributed by atoms with Crippen LogP contribution in [0.2, 0.25) is 0 Å². The quantitative estimate of drug-likeness (QED) is 0.811. The van der Waals surface area contributed by atoms with Gasteiger partial charge in [0, 0.05) is 24.2 Å². The first-order valence-electron chi connectivity index (χ1n) is 9.77. The predicted octanol–water partition coefficient (Wildman–Crippen LogP) is 4.52. The Balaban J connectivity index is 1.57. The zero-order valence-electron chi connectivity index (χ0n) is 16.2. The molecule has 1 saturated carbocycles. The normalized spacial score (nSPS) is 30.6. The molecule has 0 bridgehead atoms. The molecule has 4 heteroatoms. The van der Waals surface area contributed by atoms with Crippen LogP contribution in [0.25, 0.3) is 0 Å². The zero-order valence-corrected chi connectivity index (χ0v) is 16.2. The van der Waals surface area contributed by atoms with E-state index in [9.17, 15) is 4.79 Å². The number of anilines is 1. The van der Waals surface area contributed by atoms with Crippen LogP contribution in [0.5, 0.6) is 0 Å². The third-order valence-electron chi connectivity index (χ3n) is 6.57. The van der Waals surface area contributed by atoms with E-state index in [4.69, 9.17) is 4.74 Å². The van der Waals surface area contributed by atoms with Gasteiger partial charge in [0.05, 0.1) is 5.54 Å². The number of amides is 1. The molecule has 1 N–H and O–H groups in total. The number of carbonyl (C=O) groups excluding carboxylic acids is 1. The first-order chi connectivity index (χ1) is 12.9. The van der Waals surface area contributed by atoms with Crippen LogP contribution < -0.4 is 5.32 Å². The molecular weight excluding hydrogens is 336 g/mol. The van der Waals surface area contributed by atoms with Gasteiger partial charge in [0.15, 0.2) is 0 Å². The van der Waals surface area contributed by atoms with Gasteiger partial charge in [-0.1, -0.05) is 48.5 Å². The number of hydrogen-bond acceptors (Lipinski definition) is 3. The molecule has 0 radical (unpaired) electrons. The van der Waals surface area contributed by atoms with Crippen molar-refractivity contribution in [2.24, 2.45) is 5.92 Å². The number of hydrogen-bond donors (Lipinski definition) is 1. The van der Waals surface area contributed by atoms with Crippen molar-refractivity contribution >= 4 is 11.8 Å². The number of nitrogens with zero attached hydrogens (tertiary/aromatic N) is 1. The number of carbonyl (C=O) groups is 1. The number of fused-ring (bicyclic) bond motifs is 1. The maximum absolute atomic E-state index is 12.8. The number of ether oxygens (including phenoxy) is 1. The van der Waals surface area contributed by atoms with Gasteiger partial charge in [-0.25, -0.2) is 4.79 Å². The predicted molar refractivity (Wildman–Crippen MR) is 106 cm³/mol. The highest BCUT2D eigenvalue weighted by molar-refractivity contribution is 5.74. The molecule has 2 fully saturated rings. The Labute approximate surface area is 160 Å². The second kappa shape index (κ2) is 5.28. The van der Waals surface area contributed by atoms with Crippen LogP contribution in [0.1, 0.15) is 38.3 Å². The third-order valence-corrected chi connectivity index (χ3v) is 6.57. The van der Waals surface area contributed by atoms with Gasteiger partial charge >= 0.3 is 6.09 Å². The fraction of sp³-hybridized carbons (Fsp3) is 0.435. The molecule has 2 aromatic rings. The van der Waals surface area contributed by atoms with Crippen LogP contribution in [0.4, 0.5) is 10.5 Å². The number of benzene rings is 2. The lowest BCUT2D eigenvalue weighted by atomic mass is 9.47. The molecule has 2 heterocycles. The number of rotatable bonds is 1. The summed E-state index contributed by atoms with van der Waals surface area (Å²) in [6, 6.07) is 19.3. The standard InChI is InChI=1S/C23H26N2O2/c1-21(2,3)27-20(26)25-14-17-13-23(16-9-5-4-6-10-16)22(17,15-25)18-11-7-8-12-19(18)24-23/h4-12,17,24H,13-15H2,1-3H3/t17-,22+,23-/m0/s1. The average molecular weight is 362 g/mol. The van der Waals surface area contributed by atoms with Gasteiger partial charge in [-0.05, 0) is 50.3 Å². The molecule has 27 heavy (non-hydrogen) atoms. The number of para-hydroxylation sites is 1. The highest BCUT2D eigenvalue weighted by atomic mass is 16.6. The van der Waals surface area contributed by atoms with Crippen molar-refractivity contribution in [2.45, 2.75) is 43.7 Å². The fourth-order valence-electron chi connectivity index (χ4n) is 5.60. The molecular formula is C23H26N2O2. The average Bonchev–Trinajstić information content (AvgIpc) is 3.05. The number of nitrogens with one attached hydrogen (secondary N) is 1. The van der Waals surface area contributed by atoms with E-state index in [-0.39, 0.29) is 17.0 Å². The molecule has 1 aliphatic carbocycles. The summed E-state index contributed by atoms with van der Waals surface area (Å²) in [6.07, 6.45) is 0.836. The summed E-state index contributed by atoms with van der Waals surface area (Å²) in [5, 5.41) is 3.85. The summed E-state index contributed by atoms with van der Waals surface area (Å²) in [5.41, 5.74) is 3.16. The van der Waals surface area contributed by atoms with E-state index in [1.165, 1.54) is 16.8 Å². The first kappa shape index (κ1) is 16.7. The molecule has 1 amide bonds. The van der Waals surface area contributed by atoms with Crippen molar-refractivity contribution in [1.29, 1.82) is 0 Å². The van der Waals surface area contributed by atoms with E-state index in [0.29, 0.717) is 12.5 Å². The Bertz CT molecular complexity index is 904. The van der Waals surface area contributed by atoms with E-state index in [1.807, 2.05) is 25.7 Å². The molecule has 0 aromatic heterocycles. The topological polar surface area (TPSA) is 41.6 Å². The van der Waals surface area contributed by atoms with Crippen molar-refractivity contribution in [3.05, 3.63) is 65.7 Å². The first-order valence-corrected chi connectivity index (χ1v) is 9.77. The van der Waals surface area contributed by atoms with Gasteiger partial charge in [-0.3, -0.25) is 0 Å². The van der Waals surface area contributed by atoms with Gasteiger partial charge < -0.3 is 15.0 Å². The van der Waals surface area contributed by atoms with Crippen LogP contribution >= 0.6 is 0 Å². The van der Waals surface area contributed by atoms with Crippen LogP contribution in [-0.2, 0) is 15.7 Å². The van der Waals surface area contributed by atoms with Gasteiger partial charge in [0.2, 0.25) is 0 Å². The Morgan fingerprint density at radius 1 is 1.11 bits per heavy atom. The SMILES string of the molecule is CC(C)(C)OC(=O)N1C[C@@H]2C[C@@]3(c4ccccc4)Nc4ccccc4[C@@]23C1. The summed E-state index contributed by atoms with van der Waals surface area (Å²) >= 11 is 0. The van der Waals surface area contributed by atoms with Crippen LogP contribution in [0.3, 0.4) is 0 Å². The minimum Gasteiger partial charge on any atom is -0.444 e. The van der Waals surface area contributed by atoms with E-state index < -0.39 is 5.60 Å². The van der Waals surface area contributed by atoms with Crippen LogP contribution in [0.15, 0.2) is 54.6 Å². The van der Waals surface area contributed by atoms with E-state index in [0.717, 1.165) is 13.0 Å². The van der Waals surface area contributed by atoms with Crippen molar-refractivity contribution in [3.8, 4) is 0 Å². The lowest BCUT2D eigenvalue weighted by molar-refractivity contribution is 0.0278. The minimum absolute atomic E-state index is 0.0815. The lowest BCUT2D eigenvalue weighted by Gasteiger charge is -2.58. The zero-order chi connectivity index (χ0) is 18.9. The molecule has 1 spiro atoms. The maximum Gasteiger partial charge on any atom is 0.410 e. The van der Waals surface area contributed by atoms with E-state index in [1.54, 1.807) is 0 Å². The Morgan fingerprint density at radius 2 is 1.81 bits per heavy atom. The summed E-state index contributed by atoms with van der Waals surface area (Å²) in [5.74, 6) is 0.446. The molecule has 3 aliphatic rings. The Morgan fingerprint density at radius 3 is 2.56 bits per heavy atom. The molecule has 1 saturated heterocycles. The van der Waals surface area contributed by atoms with Crippen LogP contribution in [0, 0.1) is 5.92 Å². The van der Waals surface area contributed by atoms with E-state index in [2.05, 4.69) is 59.9 Å². The molecule has 2 aromatic carbocycles. The summed E-state index contributed by atoms with van der Waals surface area (Å²) in [6.45, 7) is 7.24. The molecule has 140 valence electrons. The maximum atomic E-state index is 12.8. The Kier molecular flexibility index (Phi) is 3.26. The van der Waals surface area contributed by atoms with Gasteiger partial charge in [0.25, 0.3) is 0 Å². The van der Waals surface area contributed by atoms with Crippen LogP contribution in [-0.4, -0.2) is 29.7 Å². The smallest absolute Gasteiger partial charge is 0.410 e. The summed E-state index contributed by atoms with van der Waals surface area (Å²) in [7, 11) is 0. The van der Waals surface area contributed by atoms with Crippen molar-refractivity contribution in [2.75, 3.05) is 18.4 Å². The molecule has 4 nitrogen and oxygen atoms in total. The minimum atomic E-state index is -0.473. The number of likely N-dealkylation sites (tertiary alicyclic amines) is 1. The van der Waals surface area contributed by atoms with Gasteiger partial charge in [-0.2, -0.15) is 0 Å². The lowest BCUT2D eigenvalue weighted by Crippen LogP contribution is -2.64. The largest absolute Gasteiger partial charge is 0.444 e. The molecule has 3 atom stereocenters. The molecule has 2 aliphatic heterocycles. The fourth-order valence-corrected chi connectivity index (χ4v) is 5.60. The van der Waals surface area contributed by atoms with Crippen molar-refractivity contribution in [3.63, 3.8) is 0 Å². The van der Waals surface area contributed by atoms with E-state index >= 15 is 0 Å². The van der Waals surface area contributed by atoms with Gasteiger partial charge in [-0.15, -0.1) is 0 Å². The summed E-state index contributed by atoms with van der Waals surface area (Å²) in [4.78, 5) is 14.7.